The summed E-state index contributed by atoms with van der Waals surface area (Å²) in [7, 11) is 0. The molecule has 5 heteroatoms. The van der Waals surface area contributed by atoms with Crippen molar-refractivity contribution in [1.82, 2.24) is 0 Å². The molecular weight excluding hydrogens is 378 g/mol. The van der Waals surface area contributed by atoms with Crippen molar-refractivity contribution in [3.05, 3.63) is 26.6 Å². The summed E-state index contributed by atoms with van der Waals surface area (Å²) in [6.45, 7) is 7.84. The van der Waals surface area contributed by atoms with Gasteiger partial charge in [-0.15, -0.1) is 0 Å². The van der Waals surface area contributed by atoms with Crippen molar-refractivity contribution < 1.29 is 4.74 Å². The summed E-state index contributed by atoms with van der Waals surface area (Å²) in [6.07, 6.45) is 0. The predicted molar refractivity (Wildman–Crippen MR) is 87.4 cm³/mol. The second kappa shape index (κ2) is 7.17. The van der Waals surface area contributed by atoms with Gasteiger partial charge in [-0.2, -0.15) is 11.8 Å². The first-order valence-corrected chi connectivity index (χ1v) is 8.35. The Morgan fingerprint density at radius 1 is 1.22 bits per heavy atom. The molecule has 0 fully saturated rings. The van der Waals surface area contributed by atoms with E-state index in [4.69, 9.17) is 10.5 Å². The van der Waals surface area contributed by atoms with Crippen LogP contribution in [0, 0.1) is 0 Å². The smallest absolute Gasteiger partial charge is 0.147 e. The Morgan fingerprint density at radius 2 is 1.78 bits per heavy atom. The van der Waals surface area contributed by atoms with Crippen molar-refractivity contribution in [2.24, 2.45) is 5.73 Å². The van der Waals surface area contributed by atoms with Gasteiger partial charge < -0.3 is 10.5 Å². The fraction of sp³-hybridized carbons (Fsp3) is 0.538. The van der Waals surface area contributed by atoms with Gasteiger partial charge in [0.1, 0.15) is 5.75 Å². The summed E-state index contributed by atoms with van der Waals surface area (Å²) in [6, 6.07) is 3.99. The summed E-state index contributed by atoms with van der Waals surface area (Å²) in [4.78, 5) is 0. The van der Waals surface area contributed by atoms with Gasteiger partial charge in [-0.05, 0) is 49.6 Å². The molecule has 0 radical (unpaired) electrons. The van der Waals surface area contributed by atoms with E-state index in [1.54, 1.807) is 0 Å². The van der Waals surface area contributed by atoms with Crippen molar-refractivity contribution in [2.75, 3.05) is 12.4 Å². The first kappa shape index (κ1) is 16.3. The van der Waals surface area contributed by atoms with E-state index in [0.717, 1.165) is 26.0 Å². The number of thioether (sulfide) groups is 1. The van der Waals surface area contributed by atoms with E-state index < -0.39 is 0 Å². The lowest BCUT2D eigenvalue weighted by Gasteiger charge is -2.18. The second-order valence-electron chi connectivity index (χ2n) is 4.90. The lowest BCUT2D eigenvalue weighted by Crippen LogP contribution is -2.12. The molecule has 0 bridgehead atoms. The molecule has 102 valence electrons. The van der Waals surface area contributed by atoms with Gasteiger partial charge in [0.2, 0.25) is 0 Å². The third-order valence-electron chi connectivity index (χ3n) is 2.16. The van der Waals surface area contributed by atoms with Crippen LogP contribution in [0.4, 0.5) is 0 Å². The second-order valence-corrected chi connectivity index (χ2v) is 8.53. The molecule has 0 amide bonds. The Balaban J connectivity index is 2.57. The summed E-state index contributed by atoms with van der Waals surface area (Å²) >= 11 is 8.92. The quantitative estimate of drug-likeness (QED) is 0.739. The molecular formula is C13H19Br2NOS. The number of hydrogen-bond donors (Lipinski definition) is 1. The van der Waals surface area contributed by atoms with E-state index in [2.05, 4.69) is 52.6 Å². The Hall–Kier alpha value is 0.290. The van der Waals surface area contributed by atoms with Gasteiger partial charge in [0, 0.05) is 17.0 Å². The zero-order valence-electron chi connectivity index (χ0n) is 10.9. The summed E-state index contributed by atoms with van der Waals surface area (Å²) < 4.78 is 7.97. The number of halogens is 2. The van der Waals surface area contributed by atoms with Crippen LogP contribution in [-0.2, 0) is 6.54 Å². The van der Waals surface area contributed by atoms with Crippen LogP contribution in [0.25, 0.3) is 0 Å². The predicted octanol–water partition coefficient (Wildman–Crippen LogP) is 4.58. The molecule has 0 saturated heterocycles. The molecule has 0 aliphatic carbocycles. The van der Waals surface area contributed by atoms with Crippen LogP contribution >= 0.6 is 43.6 Å². The van der Waals surface area contributed by atoms with Gasteiger partial charge in [0.15, 0.2) is 0 Å². The Bertz CT molecular complexity index is 381. The van der Waals surface area contributed by atoms with Crippen molar-refractivity contribution in [3.8, 4) is 5.75 Å². The van der Waals surface area contributed by atoms with E-state index in [-0.39, 0.29) is 4.75 Å². The van der Waals surface area contributed by atoms with Gasteiger partial charge in [-0.1, -0.05) is 20.8 Å². The molecule has 0 unspecified atom stereocenters. The molecule has 0 atom stereocenters. The van der Waals surface area contributed by atoms with Gasteiger partial charge in [-0.3, -0.25) is 0 Å². The number of rotatable bonds is 5. The van der Waals surface area contributed by atoms with Crippen LogP contribution in [0.15, 0.2) is 21.1 Å². The van der Waals surface area contributed by atoms with E-state index in [9.17, 15) is 0 Å². The maximum Gasteiger partial charge on any atom is 0.147 e. The Labute approximate surface area is 130 Å². The van der Waals surface area contributed by atoms with Gasteiger partial charge in [-0.25, -0.2) is 0 Å². The number of hydrogen-bond acceptors (Lipinski definition) is 3. The van der Waals surface area contributed by atoms with Crippen LogP contribution in [0.2, 0.25) is 0 Å². The van der Waals surface area contributed by atoms with E-state index >= 15 is 0 Å². The molecule has 0 aromatic heterocycles. The molecule has 1 rings (SSSR count). The summed E-state index contributed by atoms with van der Waals surface area (Å²) in [5.74, 6) is 1.82. The maximum absolute atomic E-state index is 5.81. The van der Waals surface area contributed by atoms with Gasteiger partial charge >= 0.3 is 0 Å². The average molecular weight is 397 g/mol. The highest BCUT2D eigenvalue weighted by Gasteiger charge is 2.12. The normalized spacial score (nSPS) is 11.7. The molecule has 0 aliphatic heterocycles. The number of nitrogens with two attached hydrogens (primary N) is 1. The molecule has 0 saturated carbocycles. The molecule has 1 aromatic carbocycles. The van der Waals surface area contributed by atoms with Crippen LogP contribution in [0.3, 0.4) is 0 Å². The molecule has 1 aromatic rings. The van der Waals surface area contributed by atoms with E-state index in [1.165, 1.54) is 0 Å². The van der Waals surface area contributed by atoms with Crippen molar-refractivity contribution in [3.63, 3.8) is 0 Å². The van der Waals surface area contributed by atoms with Crippen molar-refractivity contribution >= 4 is 43.6 Å². The van der Waals surface area contributed by atoms with Gasteiger partial charge in [0.25, 0.3) is 0 Å². The monoisotopic (exact) mass is 395 g/mol. The summed E-state index contributed by atoms with van der Waals surface area (Å²) in [5, 5.41) is 0. The van der Waals surface area contributed by atoms with Crippen LogP contribution in [-0.4, -0.2) is 17.1 Å². The standard InChI is InChI=1S/C13H19Br2NOS/c1-13(2,3)18-5-4-17-12-10(14)6-9(8-16)7-11(12)15/h6-7H,4-5,8,16H2,1-3H3. The van der Waals surface area contributed by atoms with E-state index in [1.807, 2.05) is 23.9 Å². The minimum absolute atomic E-state index is 0.279. The lowest BCUT2D eigenvalue weighted by atomic mass is 10.2. The Morgan fingerprint density at radius 3 is 2.22 bits per heavy atom. The molecule has 18 heavy (non-hydrogen) atoms. The van der Waals surface area contributed by atoms with E-state index in [0.29, 0.717) is 13.2 Å². The highest BCUT2D eigenvalue weighted by Crippen LogP contribution is 2.35. The van der Waals surface area contributed by atoms with Crippen LogP contribution < -0.4 is 10.5 Å². The Kier molecular flexibility index (Phi) is 6.51. The number of benzene rings is 1. The van der Waals surface area contributed by atoms with Crippen molar-refractivity contribution in [2.45, 2.75) is 32.1 Å². The molecule has 0 spiro atoms. The molecule has 0 heterocycles. The zero-order valence-corrected chi connectivity index (χ0v) is 14.9. The van der Waals surface area contributed by atoms with Crippen LogP contribution in [0.5, 0.6) is 5.75 Å². The summed E-state index contributed by atoms with van der Waals surface area (Å²) in [5.41, 5.74) is 6.70. The maximum atomic E-state index is 5.81. The first-order chi connectivity index (χ1) is 8.33. The first-order valence-electron chi connectivity index (χ1n) is 5.78. The topological polar surface area (TPSA) is 35.2 Å². The number of ether oxygens (including phenoxy) is 1. The molecule has 2 nitrogen and oxygen atoms in total. The molecule has 0 aliphatic rings. The minimum atomic E-state index is 0.279. The minimum Gasteiger partial charge on any atom is -0.490 e. The fourth-order valence-electron chi connectivity index (χ4n) is 1.36. The highest BCUT2D eigenvalue weighted by molar-refractivity contribution is 9.11. The largest absolute Gasteiger partial charge is 0.490 e. The fourth-order valence-corrected chi connectivity index (χ4v) is 3.65. The van der Waals surface area contributed by atoms with Crippen LogP contribution in [0.1, 0.15) is 26.3 Å². The highest BCUT2D eigenvalue weighted by atomic mass is 79.9. The zero-order chi connectivity index (χ0) is 13.8. The van der Waals surface area contributed by atoms with Crippen molar-refractivity contribution in [1.29, 1.82) is 0 Å². The molecule has 2 N–H and O–H groups in total. The van der Waals surface area contributed by atoms with Gasteiger partial charge in [0.05, 0.1) is 15.6 Å². The lowest BCUT2D eigenvalue weighted by molar-refractivity contribution is 0.339. The third kappa shape index (κ3) is 5.51. The average Bonchev–Trinajstić information content (AvgIpc) is 2.25. The SMILES string of the molecule is CC(C)(C)SCCOc1c(Br)cc(CN)cc1Br. The third-order valence-corrected chi connectivity index (χ3v) is 4.57.